The number of hydrogen-bond acceptors (Lipinski definition) is 6. The molecule has 2 heterocycles. The van der Waals surface area contributed by atoms with E-state index in [-0.39, 0.29) is 0 Å². The van der Waals surface area contributed by atoms with Crippen LogP contribution in [0.25, 0.3) is 11.0 Å². The van der Waals surface area contributed by atoms with Crippen LogP contribution in [-0.4, -0.2) is 33.7 Å². The molecular weight excluding hydrogens is 338 g/mol. The van der Waals surface area contributed by atoms with Crippen molar-refractivity contribution in [2.24, 2.45) is 5.84 Å². The van der Waals surface area contributed by atoms with Crippen LogP contribution < -0.4 is 16.6 Å². The summed E-state index contributed by atoms with van der Waals surface area (Å²) in [5.74, 6) is 6.49. The van der Waals surface area contributed by atoms with Crippen molar-refractivity contribution in [2.75, 3.05) is 17.3 Å². The van der Waals surface area contributed by atoms with E-state index in [0.717, 1.165) is 52.6 Å². The van der Waals surface area contributed by atoms with Gasteiger partial charge in [0.15, 0.2) is 0 Å². The van der Waals surface area contributed by atoms with Gasteiger partial charge in [-0.25, -0.2) is 4.98 Å². The van der Waals surface area contributed by atoms with Gasteiger partial charge in [-0.2, -0.15) is 0 Å². The molecule has 1 fully saturated rings. The summed E-state index contributed by atoms with van der Waals surface area (Å²) in [4.78, 5) is 10.7. The van der Waals surface area contributed by atoms with Crippen LogP contribution in [-0.2, 0) is 6.54 Å². The summed E-state index contributed by atoms with van der Waals surface area (Å²) in [6, 6.07) is 12.4. The molecule has 27 heavy (non-hydrogen) atoms. The Morgan fingerprint density at radius 2 is 2.11 bits per heavy atom. The SMILES string of the molecule is CC1CCCN1Cc1nc2ccc(Nc3ccc(NN)c(C=N)c3)cc2[nH]1. The first-order valence-electron chi connectivity index (χ1n) is 9.27. The summed E-state index contributed by atoms with van der Waals surface area (Å²) in [7, 11) is 0. The Labute approximate surface area is 158 Å². The van der Waals surface area contributed by atoms with Crippen LogP contribution in [0.1, 0.15) is 31.2 Å². The van der Waals surface area contributed by atoms with Crippen LogP contribution in [0.15, 0.2) is 36.4 Å². The van der Waals surface area contributed by atoms with Gasteiger partial charge in [-0.1, -0.05) is 0 Å². The quantitative estimate of drug-likeness (QED) is 0.261. The largest absolute Gasteiger partial charge is 0.355 e. The lowest BCUT2D eigenvalue weighted by atomic mass is 10.1. The molecule has 0 saturated carbocycles. The molecule has 0 spiro atoms. The number of nitrogens with zero attached hydrogens (tertiary/aromatic N) is 2. The van der Waals surface area contributed by atoms with Gasteiger partial charge >= 0.3 is 0 Å². The summed E-state index contributed by atoms with van der Waals surface area (Å²) < 4.78 is 0. The first kappa shape index (κ1) is 17.5. The summed E-state index contributed by atoms with van der Waals surface area (Å²) in [5, 5.41) is 10.9. The van der Waals surface area contributed by atoms with Crippen molar-refractivity contribution in [3.05, 3.63) is 47.8 Å². The van der Waals surface area contributed by atoms with Crippen LogP contribution >= 0.6 is 0 Å². The van der Waals surface area contributed by atoms with E-state index in [2.05, 4.69) is 33.6 Å². The lowest BCUT2D eigenvalue weighted by Crippen LogP contribution is -2.26. The molecule has 0 amide bonds. The van der Waals surface area contributed by atoms with Crippen molar-refractivity contribution in [2.45, 2.75) is 32.4 Å². The minimum Gasteiger partial charge on any atom is -0.355 e. The number of nitrogens with two attached hydrogens (primary N) is 1. The molecule has 0 radical (unpaired) electrons. The van der Waals surface area contributed by atoms with Gasteiger partial charge in [0.1, 0.15) is 5.82 Å². The summed E-state index contributed by atoms with van der Waals surface area (Å²) >= 11 is 0. The number of hydrazine groups is 1. The molecule has 1 aliphatic heterocycles. The number of nitrogen functional groups attached to an aromatic ring is 1. The lowest BCUT2D eigenvalue weighted by molar-refractivity contribution is 0.255. The molecule has 1 atom stereocenters. The molecule has 2 aromatic carbocycles. The topological polar surface area (TPSA) is 106 Å². The van der Waals surface area contributed by atoms with Gasteiger partial charge in [-0.15, -0.1) is 0 Å². The zero-order chi connectivity index (χ0) is 18.8. The standard InChI is InChI=1S/C20H25N7/c1-13-3-2-8-27(13)12-20-24-18-7-5-16(10-19(18)25-20)23-15-4-6-17(26-22)14(9-15)11-21/h4-7,9-11,13,21,23,26H,2-3,8,12,22H2,1H3,(H,24,25). The summed E-state index contributed by atoms with van der Waals surface area (Å²) in [6.07, 6.45) is 3.82. The van der Waals surface area contributed by atoms with Crippen LogP contribution in [0.5, 0.6) is 0 Å². The minimum atomic E-state index is 0.629. The summed E-state index contributed by atoms with van der Waals surface area (Å²) in [6.45, 7) is 4.30. The Morgan fingerprint density at radius 1 is 1.30 bits per heavy atom. The van der Waals surface area contributed by atoms with E-state index in [1.54, 1.807) is 0 Å². The molecule has 1 aromatic heterocycles. The fourth-order valence-corrected chi connectivity index (χ4v) is 3.69. The summed E-state index contributed by atoms with van der Waals surface area (Å²) in [5.41, 5.74) is 7.92. The van der Waals surface area contributed by atoms with Crippen molar-refractivity contribution in [3.63, 3.8) is 0 Å². The number of anilines is 3. The molecule has 6 N–H and O–H groups in total. The zero-order valence-corrected chi connectivity index (χ0v) is 15.4. The highest BCUT2D eigenvalue weighted by molar-refractivity contribution is 5.88. The maximum atomic E-state index is 7.52. The van der Waals surface area contributed by atoms with Crippen LogP contribution in [0.3, 0.4) is 0 Å². The third-order valence-electron chi connectivity index (χ3n) is 5.23. The van der Waals surface area contributed by atoms with E-state index in [0.29, 0.717) is 6.04 Å². The number of likely N-dealkylation sites (tertiary alicyclic amines) is 1. The number of aromatic amines is 1. The Bertz CT molecular complexity index is 962. The Kier molecular flexibility index (Phi) is 4.79. The minimum absolute atomic E-state index is 0.629. The number of imidazole rings is 1. The van der Waals surface area contributed by atoms with Gasteiger partial charge in [0, 0.05) is 29.2 Å². The van der Waals surface area contributed by atoms with Crippen molar-refractivity contribution in [1.82, 2.24) is 14.9 Å². The van der Waals surface area contributed by atoms with E-state index in [9.17, 15) is 0 Å². The molecule has 1 aliphatic rings. The van der Waals surface area contributed by atoms with Gasteiger partial charge in [-0.3, -0.25) is 10.7 Å². The van der Waals surface area contributed by atoms with Crippen molar-refractivity contribution in [3.8, 4) is 0 Å². The van der Waals surface area contributed by atoms with Gasteiger partial charge in [0.05, 0.1) is 23.3 Å². The Balaban J connectivity index is 1.54. The van der Waals surface area contributed by atoms with E-state index < -0.39 is 0 Å². The third kappa shape index (κ3) is 3.65. The second-order valence-corrected chi connectivity index (χ2v) is 7.09. The van der Waals surface area contributed by atoms with Crippen LogP contribution in [0.2, 0.25) is 0 Å². The Morgan fingerprint density at radius 3 is 2.85 bits per heavy atom. The number of benzene rings is 2. The third-order valence-corrected chi connectivity index (χ3v) is 5.23. The number of H-pyrrole nitrogens is 1. The second kappa shape index (κ2) is 7.38. The molecule has 1 saturated heterocycles. The highest BCUT2D eigenvalue weighted by Gasteiger charge is 2.21. The second-order valence-electron chi connectivity index (χ2n) is 7.09. The highest BCUT2D eigenvalue weighted by atomic mass is 15.2. The molecule has 0 bridgehead atoms. The van der Waals surface area contributed by atoms with Gasteiger partial charge in [-0.05, 0) is 62.7 Å². The monoisotopic (exact) mass is 363 g/mol. The first-order chi connectivity index (χ1) is 13.2. The number of fused-ring (bicyclic) bond motifs is 1. The molecule has 3 aromatic rings. The smallest absolute Gasteiger partial charge is 0.121 e. The van der Waals surface area contributed by atoms with Gasteiger partial charge in [0.2, 0.25) is 0 Å². The maximum absolute atomic E-state index is 7.52. The number of nitrogens with one attached hydrogen (secondary N) is 4. The molecule has 1 unspecified atom stereocenters. The molecule has 140 valence electrons. The zero-order valence-electron chi connectivity index (χ0n) is 15.4. The average Bonchev–Trinajstić information content (AvgIpc) is 3.27. The number of aromatic nitrogens is 2. The predicted octanol–water partition coefficient (Wildman–Crippen LogP) is 3.57. The van der Waals surface area contributed by atoms with Gasteiger partial charge in [0.25, 0.3) is 0 Å². The van der Waals surface area contributed by atoms with E-state index in [1.165, 1.54) is 19.1 Å². The number of rotatable bonds is 6. The van der Waals surface area contributed by atoms with Crippen molar-refractivity contribution < 1.29 is 0 Å². The highest BCUT2D eigenvalue weighted by Crippen LogP contribution is 2.25. The normalized spacial score (nSPS) is 17.3. The van der Waals surface area contributed by atoms with Gasteiger partial charge < -0.3 is 21.1 Å². The van der Waals surface area contributed by atoms with Crippen molar-refractivity contribution >= 4 is 34.3 Å². The molecular formula is C20H25N7. The molecule has 7 nitrogen and oxygen atoms in total. The average molecular weight is 363 g/mol. The van der Waals surface area contributed by atoms with E-state index >= 15 is 0 Å². The van der Waals surface area contributed by atoms with Crippen molar-refractivity contribution in [1.29, 1.82) is 5.41 Å². The van der Waals surface area contributed by atoms with E-state index in [4.69, 9.17) is 16.2 Å². The number of hydrogen-bond donors (Lipinski definition) is 5. The molecule has 0 aliphatic carbocycles. The molecule has 7 heteroatoms. The molecule has 4 rings (SSSR count). The maximum Gasteiger partial charge on any atom is 0.121 e. The first-order valence-corrected chi connectivity index (χ1v) is 9.27. The van der Waals surface area contributed by atoms with Crippen LogP contribution in [0.4, 0.5) is 17.1 Å². The lowest BCUT2D eigenvalue weighted by Gasteiger charge is -2.19. The fourth-order valence-electron chi connectivity index (χ4n) is 3.69. The fraction of sp³-hybridized carbons (Fsp3) is 0.300. The van der Waals surface area contributed by atoms with Crippen LogP contribution in [0, 0.1) is 5.41 Å². The predicted molar refractivity (Wildman–Crippen MR) is 111 cm³/mol. The Hall–Kier alpha value is -2.90. The van der Waals surface area contributed by atoms with E-state index in [1.807, 2.05) is 30.3 Å².